The van der Waals surface area contributed by atoms with Gasteiger partial charge < -0.3 is 0 Å². The second kappa shape index (κ2) is 11.0. The van der Waals surface area contributed by atoms with Crippen LogP contribution in [0.15, 0.2) is 90.5 Å². The molecule has 4 unspecified atom stereocenters. The Morgan fingerprint density at radius 2 is 1.40 bits per heavy atom. The maximum atomic E-state index is 14.2. The van der Waals surface area contributed by atoms with Crippen molar-refractivity contribution < 1.29 is 4.79 Å². The van der Waals surface area contributed by atoms with E-state index in [-0.39, 0.29) is 5.92 Å². The lowest BCUT2D eigenvalue weighted by Gasteiger charge is -2.34. The van der Waals surface area contributed by atoms with Gasteiger partial charge in [0.15, 0.2) is 0 Å². The zero-order valence-corrected chi connectivity index (χ0v) is 24.8. The van der Waals surface area contributed by atoms with E-state index in [9.17, 15) is 4.79 Å². The van der Waals surface area contributed by atoms with E-state index >= 15 is 0 Å². The number of carbonyl (C=O) groups is 1. The van der Waals surface area contributed by atoms with E-state index in [1.807, 2.05) is 0 Å². The van der Waals surface area contributed by atoms with Crippen LogP contribution in [0.3, 0.4) is 0 Å². The number of hydrogen-bond donors (Lipinski definition) is 0. The second-order valence-electron chi connectivity index (χ2n) is 13.6. The number of hydrogen-bond acceptors (Lipinski definition) is 1. The first-order valence-electron chi connectivity index (χ1n) is 16.6. The predicted octanol–water partition coefficient (Wildman–Crippen LogP) is 9.32. The standard InChI is InChI=1S/C41H42O/c42-40(21-16-27-14-17-29-6-1-2-7-32(29)22-27)39-26-38-35(24-28-15-18-30-8-3-10-33(30)23-28)12-5-13-37(38)41(39)36-20-19-31-9-4-11-34(31)25-36/h1-2,6-7,14-15,17-20,22-23,25-26,35,37,39,41H,3-5,8-13,16,21,24H2. The summed E-state index contributed by atoms with van der Waals surface area (Å²) in [5.41, 5.74) is 12.0. The first-order chi connectivity index (χ1) is 20.7. The first kappa shape index (κ1) is 26.2. The lowest BCUT2D eigenvalue weighted by atomic mass is 9.69. The highest BCUT2D eigenvalue weighted by molar-refractivity contribution is 5.86. The van der Waals surface area contributed by atoms with Gasteiger partial charge in [-0.15, -0.1) is 0 Å². The third-order valence-electron chi connectivity index (χ3n) is 11.2. The Morgan fingerprint density at radius 1 is 0.667 bits per heavy atom. The van der Waals surface area contributed by atoms with E-state index in [0.717, 1.165) is 12.8 Å². The summed E-state index contributed by atoms with van der Waals surface area (Å²) in [6.07, 6.45) is 16.3. The van der Waals surface area contributed by atoms with Crippen LogP contribution >= 0.6 is 0 Å². The van der Waals surface area contributed by atoms with Gasteiger partial charge in [-0.1, -0.05) is 96.9 Å². The van der Waals surface area contributed by atoms with Crippen LogP contribution in [-0.2, 0) is 43.3 Å². The first-order valence-corrected chi connectivity index (χ1v) is 16.6. The molecule has 0 aliphatic heterocycles. The van der Waals surface area contributed by atoms with Gasteiger partial charge in [0.05, 0.1) is 0 Å². The van der Waals surface area contributed by atoms with Gasteiger partial charge in [0.2, 0.25) is 0 Å². The molecule has 4 aliphatic carbocycles. The number of carbonyl (C=O) groups excluding carboxylic acids is 1. The van der Waals surface area contributed by atoms with Crippen LogP contribution < -0.4 is 0 Å². The molecule has 212 valence electrons. The van der Waals surface area contributed by atoms with Crippen LogP contribution in [0.5, 0.6) is 0 Å². The Labute approximate surface area is 251 Å². The average molecular weight is 551 g/mol. The maximum Gasteiger partial charge on any atom is 0.140 e. The van der Waals surface area contributed by atoms with Crippen molar-refractivity contribution in [3.63, 3.8) is 0 Å². The van der Waals surface area contributed by atoms with Gasteiger partial charge in [-0.25, -0.2) is 0 Å². The third kappa shape index (κ3) is 4.85. The molecule has 0 heterocycles. The predicted molar refractivity (Wildman–Crippen MR) is 173 cm³/mol. The number of fused-ring (bicyclic) bond motifs is 4. The normalized spacial score (nSPS) is 24.3. The molecule has 1 nitrogen and oxygen atoms in total. The Morgan fingerprint density at radius 3 is 2.26 bits per heavy atom. The smallest absolute Gasteiger partial charge is 0.140 e. The zero-order chi connectivity index (χ0) is 28.0. The highest BCUT2D eigenvalue weighted by Gasteiger charge is 2.44. The molecule has 42 heavy (non-hydrogen) atoms. The fourth-order valence-electron chi connectivity index (χ4n) is 9.05. The van der Waals surface area contributed by atoms with Crippen molar-refractivity contribution in [3.8, 4) is 0 Å². The molecule has 0 saturated heterocycles. The fraction of sp³-hybridized carbons (Fsp3) is 0.390. The van der Waals surface area contributed by atoms with E-state index in [1.165, 1.54) is 96.4 Å². The van der Waals surface area contributed by atoms with Crippen molar-refractivity contribution in [2.24, 2.45) is 17.8 Å². The summed E-state index contributed by atoms with van der Waals surface area (Å²) in [6, 6.07) is 29.8. The Bertz CT molecular complexity index is 1690. The lowest BCUT2D eigenvalue weighted by molar-refractivity contribution is -0.122. The van der Waals surface area contributed by atoms with Crippen LogP contribution in [0.1, 0.15) is 83.4 Å². The molecule has 4 aromatic rings. The highest BCUT2D eigenvalue weighted by atomic mass is 16.1. The molecule has 4 aliphatic rings. The SMILES string of the molecule is O=C(CCc1ccc2ccccc2c1)C1C=C2C(Cc3ccc4c(c3)CCC4)CCCC2C1c1ccc2c(c1)CCC2. The molecular formula is C41H42O. The molecule has 0 radical (unpaired) electrons. The number of rotatable bonds is 7. The fourth-order valence-corrected chi connectivity index (χ4v) is 9.05. The van der Waals surface area contributed by atoms with Crippen LogP contribution in [0.2, 0.25) is 0 Å². The van der Waals surface area contributed by atoms with Gasteiger partial charge in [0.1, 0.15) is 5.78 Å². The van der Waals surface area contributed by atoms with Gasteiger partial charge >= 0.3 is 0 Å². The summed E-state index contributed by atoms with van der Waals surface area (Å²) in [5, 5.41) is 2.53. The summed E-state index contributed by atoms with van der Waals surface area (Å²) >= 11 is 0. The molecule has 0 aromatic heterocycles. The quantitative estimate of drug-likeness (QED) is 0.210. The van der Waals surface area contributed by atoms with Crippen molar-refractivity contribution in [2.45, 2.75) is 83.0 Å². The number of ketones is 1. The van der Waals surface area contributed by atoms with Crippen molar-refractivity contribution in [1.29, 1.82) is 0 Å². The van der Waals surface area contributed by atoms with Crippen molar-refractivity contribution in [2.75, 3.05) is 0 Å². The topological polar surface area (TPSA) is 17.1 Å². The molecule has 0 spiro atoms. The summed E-state index contributed by atoms with van der Waals surface area (Å²) in [6.45, 7) is 0. The number of aryl methyl sites for hydroxylation is 5. The van der Waals surface area contributed by atoms with Crippen LogP contribution in [-0.4, -0.2) is 5.78 Å². The summed E-state index contributed by atoms with van der Waals surface area (Å²) < 4.78 is 0. The van der Waals surface area contributed by atoms with Gasteiger partial charge in [-0.3, -0.25) is 4.79 Å². The Hall–Kier alpha value is -3.45. The molecule has 1 heteroatoms. The molecule has 4 aromatic carbocycles. The zero-order valence-electron chi connectivity index (χ0n) is 24.8. The lowest BCUT2D eigenvalue weighted by Crippen LogP contribution is -2.26. The summed E-state index contributed by atoms with van der Waals surface area (Å²) in [4.78, 5) is 14.2. The molecule has 0 N–H and O–H groups in total. The highest BCUT2D eigenvalue weighted by Crippen LogP contribution is 2.53. The molecule has 1 fully saturated rings. The number of Topliss-reactive ketones (excluding diaryl/α,β-unsaturated/α-hetero) is 1. The van der Waals surface area contributed by atoms with Crippen LogP contribution in [0, 0.1) is 17.8 Å². The van der Waals surface area contributed by atoms with Gasteiger partial charge in [0.25, 0.3) is 0 Å². The molecule has 0 amide bonds. The minimum atomic E-state index is 0.00512. The molecule has 1 saturated carbocycles. The summed E-state index contributed by atoms with van der Waals surface area (Å²) in [5.74, 6) is 1.82. The van der Waals surface area contributed by atoms with Crippen molar-refractivity contribution >= 4 is 16.6 Å². The van der Waals surface area contributed by atoms with Gasteiger partial charge in [-0.05, 0) is 126 Å². The Kier molecular flexibility index (Phi) is 6.86. The minimum Gasteiger partial charge on any atom is -0.299 e. The van der Waals surface area contributed by atoms with E-state index < -0.39 is 0 Å². The molecule has 0 bridgehead atoms. The van der Waals surface area contributed by atoms with Crippen molar-refractivity contribution in [1.82, 2.24) is 0 Å². The van der Waals surface area contributed by atoms with Gasteiger partial charge in [0, 0.05) is 18.3 Å². The largest absolute Gasteiger partial charge is 0.299 e. The second-order valence-corrected chi connectivity index (χ2v) is 13.6. The van der Waals surface area contributed by atoms with Gasteiger partial charge in [-0.2, -0.15) is 0 Å². The van der Waals surface area contributed by atoms with E-state index in [1.54, 1.807) is 16.7 Å². The number of benzene rings is 4. The van der Waals surface area contributed by atoms with Crippen LogP contribution in [0.25, 0.3) is 10.8 Å². The Balaban J connectivity index is 1.08. The number of allylic oxidation sites excluding steroid dienone is 2. The van der Waals surface area contributed by atoms with E-state index in [2.05, 4.69) is 84.9 Å². The molecule has 8 rings (SSSR count). The monoisotopic (exact) mass is 550 g/mol. The van der Waals surface area contributed by atoms with E-state index in [0.29, 0.717) is 30.0 Å². The molecular weight excluding hydrogens is 508 g/mol. The average Bonchev–Trinajstić information content (AvgIpc) is 3.78. The van der Waals surface area contributed by atoms with Crippen molar-refractivity contribution in [3.05, 3.63) is 129 Å². The third-order valence-corrected chi connectivity index (χ3v) is 11.2. The maximum absolute atomic E-state index is 14.2. The van der Waals surface area contributed by atoms with E-state index in [4.69, 9.17) is 0 Å². The summed E-state index contributed by atoms with van der Waals surface area (Å²) in [7, 11) is 0. The van der Waals surface area contributed by atoms with Crippen LogP contribution in [0.4, 0.5) is 0 Å². The molecule has 4 atom stereocenters. The minimum absolute atomic E-state index is 0.00512.